The van der Waals surface area contributed by atoms with Crippen molar-refractivity contribution >= 4 is 5.97 Å². The maximum absolute atomic E-state index is 12.9. The minimum absolute atomic E-state index is 0.343. The van der Waals surface area contributed by atoms with Crippen LogP contribution in [0.4, 0.5) is 0 Å². The molecule has 2 aromatic carbocycles. The van der Waals surface area contributed by atoms with Crippen LogP contribution in [0, 0.1) is 0 Å². The molecule has 0 bridgehead atoms. The van der Waals surface area contributed by atoms with Crippen molar-refractivity contribution in [2.24, 2.45) is 0 Å². The molecule has 3 aliphatic heterocycles. The second kappa shape index (κ2) is 12.0. The summed E-state index contributed by atoms with van der Waals surface area (Å²) in [6, 6.07) is 18.8. The van der Waals surface area contributed by atoms with E-state index in [1.165, 1.54) is 0 Å². The Morgan fingerprint density at radius 3 is 2.23 bits per heavy atom. The largest absolute Gasteiger partial charge is 0.453 e. The van der Waals surface area contributed by atoms with Crippen LogP contribution in [-0.2, 0) is 44.5 Å². The molecular weight excluding hydrogens is 504 g/mol. The maximum Gasteiger partial charge on any atom is 0.338 e. The molecule has 9 atom stereocenters. The molecule has 3 heterocycles. The lowest BCUT2D eigenvalue weighted by Gasteiger charge is -2.44. The van der Waals surface area contributed by atoms with E-state index in [2.05, 4.69) is 0 Å². The van der Waals surface area contributed by atoms with E-state index >= 15 is 0 Å². The zero-order chi connectivity index (χ0) is 27.6. The highest BCUT2D eigenvalue weighted by atomic mass is 16.8. The lowest BCUT2D eigenvalue weighted by atomic mass is 9.98. The fourth-order valence-corrected chi connectivity index (χ4v) is 5.43. The van der Waals surface area contributed by atoms with Gasteiger partial charge in [0.2, 0.25) is 0 Å². The van der Waals surface area contributed by atoms with Gasteiger partial charge >= 0.3 is 5.97 Å². The standard InChI is InChI=1S/C30H38O9/c1-18-24(37-28(31)21-14-10-7-11-15-21)22(33-17-20-12-8-6-9-13-20)16-23(34-18)36-25-19(2)35-29(32-5)27-26(25)38-30(3,4)39-27/h6-15,18-19,22-27,29H,16-17H2,1-5H3/t18-,19+,22-,23+,24-,25+,26-,27-,29-/m1/s1. The Balaban J connectivity index is 1.31. The maximum atomic E-state index is 12.9. The molecule has 2 aromatic rings. The lowest BCUT2D eigenvalue weighted by Crippen LogP contribution is -2.59. The van der Waals surface area contributed by atoms with Crippen molar-refractivity contribution in [2.45, 2.75) is 102 Å². The Morgan fingerprint density at radius 1 is 0.897 bits per heavy atom. The summed E-state index contributed by atoms with van der Waals surface area (Å²) in [4.78, 5) is 12.9. The molecule has 0 aliphatic carbocycles. The zero-order valence-corrected chi connectivity index (χ0v) is 23.1. The van der Waals surface area contributed by atoms with Crippen molar-refractivity contribution in [1.82, 2.24) is 0 Å². The highest BCUT2D eigenvalue weighted by molar-refractivity contribution is 5.89. The molecule has 9 heteroatoms. The van der Waals surface area contributed by atoms with Gasteiger partial charge in [-0.3, -0.25) is 0 Å². The van der Waals surface area contributed by atoms with Gasteiger partial charge < -0.3 is 37.9 Å². The zero-order valence-electron chi connectivity index (χ0n) is 23.1. The molecular formula is C30H38O9. The fourth-order valence-electron chi connectivity index (χ4n) is 5.43. The van der Waals surface area contributed by atoms with Crippen molar-refractivity contribution in [1.29, 1.82) is 0 Å². The monoisotopic (exact) mass is 542 g/mol. The molecule has 0 unspecified atom stereocenters. The predicted molar refractivity (Wildman–Crippen MR) is 140 cm³/mol. The normalized spacial score (nSPS) is 35.8. The third-order valence-corrected chi connectivity index (χ3v) is 7.29. The van der Waals surface area contributed by atoms with Gasteiger partial charge in [0.25, 0.3) is 0 Å². The van der Waals surface area contributed by atoms with Crippen LogP contribution in [0.15, 0.2) is 60.7 Å². The SMILES string of the molecule is CO[C@@H]1O[C@@H](C)[C@H](O[C@H]2C[C@@H](OCc3ccccc3)[C@H](OC(=O)c3ccccc3)[C@@H](C)O2)[C@H]2OC(C)(C)O[C@@H]12. The highest BCUT2D eigenvalue weighted by Crippen LogP contribution is 2.40. The number of ether oxygens (including phenoxy) is 8. The number of esters is 1. The fraction of sp³-hybridized carbons (Fsp3) is 0.567. The third kappa shape index (κ3) is 6.52. The molecule has 0 spiro atoms. The average molecular weight is 543 g/mol. The van der Waals surface area contributed by atoms with Gasteiger partial charge in [-0.15, -0.1) is 0 Å². The van der Waals surface area contributed by atoms with Gasteiger partial charge in [-0.25, -0.2) is 4.79 Å². The Hall–Kier alpha value is -2.37. The van der Waals surface area contributed by atoms with Crippen LogP contribution in [0.3, 0.4) is 0 Å². The highest BCUT2D eigenvalue weighted by Gasteiger charge is 2.56. The van der Waals surface area contributed by atoms with Crippen molar-refractivity contribution in [3.63, 3.8) is 0 Å². The van der Waals surface area contributed by atoms with Crippen LogP contribution in [0.1, 0.15) is 50.0 Å². The van der Waals surface area contributed by atoms with E-state index in [0.29, 0.717) is 18.6 Å². The van der Waals surface area contributed by atoms with Crippen molar-refractivity contribution in [2.75, 3.05) is 7.11 Å². The van der Waals surface area contributed by atoms with E-state index in [0.717, 1.165) is 5.56 Å². The molecule has 39 heavy (non-hydrogen) atoms. The van der Waals surface area contributed by atoms with Crippen LogP contribution >= 0.6 is 0 Å². The average Bonchev–Trinajstić information content (AvgIpc) is 3.26. The van der Waals surface area contributed by atoms with Crippen LogP contribution < -0.4 is 0 Å². The molecule has 5 rings (SSSR count). The Labute approximate surface area is 229 Å². The summed E-state index contributed by atoms with van der Waals surface area (Å²) in [5.74, 6) is -1.23. The van der Waals surface area contributed by atoms with Crippen molar-refractivity contribution in [3.05, 3.63) is 71.8 Å². The molecule has 3 aliphatic rings. The predicted octanol–water partition coefficient (Wildman–Crippen LogP) is 4.23. The van der Waals surface area contributed by atoms with Crippen LogP contribution in [0.2, 0.25) is 0 Å². The number of benzene rings is 2. The molecule has 3 fully saturated rings. The summed E-state index contributed by atoms with van der Waals surface area (Å²) >= 11 is 0. The van der Waals surface area contributed by atoms with E-state index in [-0.39, 0.29) is 6.10 Å². The summed E-state index contributed by atoms with van der Waals surface area (Å²) in [5.41, 5.74) is 1.49. The van der Waals surface area contributed by atoms with Gasteiger partial charge in [-0.05, 0) is 45.4 Å². The molecule has 0 N–H and O–H groups in total. The summed E-state index contributed by atoms with van der Waals surface area (Å²) < 4.78 is 49.0. The topological polar surface area (TPSA) is 90.9 Å². The second-order valence-corrected chi connectivity index (χ2v) is 10.7. The first kappa shape index (κ1) is 28.2. The van der Waals surface area contributed by atoms with Crippen LogP contribution in [0.25, 0.3) is 0 Å². The molecule has 0 radical (unpaired) electrons. The summed E-state index contributed by atoms with van der Waals surface area (Å²) in [6.07, 6.45) is -4.12. The number of methoxy groups -OCH3 is 1. The summed E-state index contributed by atoms with van der Waals surface area (Å²) in [5, 5.41) is 0. The van der Waals surface area contributed by atoms with Gasteiger partial charge in [-0.2, -0.15) is 0 Å². The van der Waals surface area contributed by atoms with Gasteiger partial charge in [-0.1, -0.05) is 48.5 Å². The number of rotatable bonds is 8. The van der Waals surface area contributed by atoms with Gasteiger partial charge in [0, 0.05) is 13.5 Å². The quantitative estimate of drug-likeness (QED) is 0.455. The number of carbonyl (C=O) groups is 1. The molecule has 212 valence electrons. The van der Waals surface area contributed by atoms with Crippen molar-refractivity contribution in [3.8, 4) is 0 Å². The van der Waals surface area contributed by atoms with Crippen LogP contribution in [0.5, 0.6) is 0 Å². The molecule has 0 amide bonds. The van der Waals surface area contributed by atoms with Gasteiger partial charge in [0.1, 0.15) is 24.4 Å². The third-order valence-electron chi connectivity index (χ3n) is 7.29. The minimum Gasteiger partial charge on any atom is -0.453 e. The Bertz CT molecular complexity index is 1080. The molecule has 3 saturated heterocycles. The van der Waals surface area contributed by atoms with E-state index < -0.39 is 61.0 Å². The summed E-state index contributed by atoms with van der Waals surface area (Å²) in [6.45, 7) is 7.86. The Kier molecular flexibility index (Phi) is 8.68. The Morgan fingerprint density at radius 2 is 1.54 bits per heavy atom. The van der Waals surface area contributed by atoms with Crippen molar-refractivity contribution < 1.29 is 42.7 Å². The van der Waals surface area contributed by atoms with Gasteiger partial charge in [0.05, 0.1) is 24.4 Å². The second-order valence-electron chi connectivity index (χ2n) is 10.7. The van der Waals surface area contributed by atoms with E-state index in [1.807, 2.05) is 64.1 Å². The lowest BCUT2D eigenvalue weighted by molar-refractivity contribution is -0.319. The smallest absolute Gasteiger partial charge is 0.338 e. The molecule has 0 aromatic heterocycles. The number of fused-ring (bicyclic) bond motifs is 1. The van der Waals surface area contributed by atoms with E-state index in [4.69, 9.17) is 37.9 Å². The summed E-state index contributed by atoms with van der Waals surface area (Å²) in [7, 11) is 1.59. The number of carbonyl (C=O) groups excluding carboxylic acids is 1. The number of hydrogen-bond acceptors (Lipinski definition) is 9. The first-order valence-electron chi connectivity index (χ1n) is 13.5. The van der Waals surface area contributed by atoms with E-state index in [9.17, 15) is 4.79 Å². The molecule has 9 nitrogen and oxygen atoms in total. The first-order valence-corrected chi connectivity index (χ1v) is 13.5. The van der Waals surface area contributed by atoms with Crippen LogP contribution in [-0.4, -0.2) is 74.2 Å². The first-order chi connectivity index (χ1) is 18.7. The minimum atomic E-state index is -0.806. The molecule has 0 saturated carbocycles. The number of hydrogen-bond donors (Lipinski definition) is 0. The van der Waals surface area contributed by atoms with Gasteiger partial charge in [0.15, 0.2) is 24.5 Å². The van der Waals surface area contributed by atoms with E-state index in [1.54, 1.807) is 31.4 Å².